The van der Waals surface area contributed by atoms with E-state index in [1.54, 1.807) is 0 Å². The topological polar surface area (TPSA) is 77.5 Å². The lowest BCUT2D eigenvalue weighted by Gasteiger charge is -2.16. The van der Waals surface area contributed by atoms with Gasteiger partial charge >= 0.3 is 0 Å². The largest absolute Gasteiger partial charge is 0.349 e. The van der Waals surface area contributed by atoms with Gasteiger partial charge in [0.1, 0.15) is 11.6 Å². The Bertz CT molecular complexity index is 705. The second-order valence-electron chi connectivity index (χ2n) is 4.53. The van der Waals surface area contributed by atoms with Crippen LogP contribution in [0.2, 0.25) is 0 Å². The molecule has 2 heterocycles. The number of hydrogen-bond acceptors (Lipinski definition) is 8. The lowest BCUT2D eigenvalue weighted by atomic mass is 10.2. The van der Waals surface area contributed by atoms with E-state index in [0.29, 0.717) is 10.6 Å². The first kappa shape index (κ1) is 16.5. The van der Waals surface area contributed by atoms with Crippen LogP contribution in [0.25, 0.3) is 0 Å². The Kier molecular flexibility index (Phi) is 5.57. The molecule has 0 saturated heterocycles. The van der Waals surface area contributed by atoms with Crippen LogP contribution in [0.3, 0.4) is 0 Å². The van der Waals surface area contributed by atoms with Crippen LogP contribution in [0, 0.1) is 18.3 Å². The summed E-state index contributed by atoms with van der Waals surface area (Å²) in [5.41, 5.74) is 2.17. The second-order valence-corrected chi connectivity index (χ2v) is 6.24. The maximum Gasteiger partial charge on any atom is 0.187 e. The molecule has 0 saturated carbocycles. The van der Waals surface area contributed by atoms with Crippen molar-refractivity contribution in [2.75, 3.05) is 18.0 Å². The van der Waals surface area contributed by atoms with Crippen molar-refractivity contribution in [2.24, 2.45) is 10.2 Å². The first-order valence-electron chi connectivity index (χ1n) is 7.17. The number of anilines is 1. The summed E-state index contributed by atoms with van der Waals surface area (Å²) in [7, 11) is 0. The van der Waals surface area contributed by atoms with Gasteiger partial charge < -0.3 is 4.90 Å². The van der Waals surface area contributed by atoms with Crippen molar-refractivity contribution >= 4 is 38.0 Å². The first-order valence-corrected chi connectivity index (χ1v) is 8.76. The molecule has 2 aromatic heterocycles. The number of thiazole rings is 1. The predicted octanol–water partition coefficient (Wildman–Crippen LogP) is 4.60. The molecule has 0 radical (unpaired) electrons. The Hall–Kier alpha value is -1.85. The molecular weight excluding hydrogens is 316 g/mol. The minimum Gasteiger partial charge on any atom is -0.349 e. The minimum atomic E-state index is 0.530. The fraction of sp³-hybridized carbons (Fsp3) is 0.500. The molecule has 0 aromatic carbocycles. The van der Waals surface area contributed by atoms with Crippen LogP contribution in [0.15, 0.2) is 10.2 Å². The highest BCUT2D eigenvalue weighted by molar-refractivity contribution is 7.19. The monoisotopic (exact) mass is 334 g/mol. The van der Waals surface area contributed by atoms with Crippen molar-refractivity contribution in [1.82, 2.24) is 9.36 Å². The zero-order chi connectivity index (χ0) is 16.1. The van der Waals surface area contributed by atoms with Gasteiger partial charge in [0.15, 0.2) is 15.1 Å². The van der Waals surface area contributed by atoms with Crippen molar-refractivity contribution in [3.63, 3.8) is 0 Å². The van der Waals surface area contributed by atoms with Crippen LogP contribution in [0.1, 0.15) is 37.7 Å². The number of azo groups is 1. The van der Waals surface area contributed by atoms with Gasteiger partial charge in [-0.05, 0) is 38.7 Å². The molecule has 0 spiro atoms. The summed E-state index contributed by atoms with van der Waals surface area (Å²) in [5.74, 6) is 0. The van der Waals surface area contributed by atoms with Crippen LogP contribution in [0.4, 0.5) is 15.1 Å². The summed E-state index contributed by atoms with van der Waals surface area (Å²) in [6.07, 6.45) is 0.723. The predicted molar refractivity (Wildman–Crippen MR) is 90.8 cm³/mol. The molecule has 0 fully saturated rings. The van der Waals surface area contributed by atoms with Gasteiger partial charge in [-0.3, -0.25) is 0 Å². The van der Waals surface area contributed by atoms with Crippen LogP contribution in [0.5, 0.6) is 0 Å². The summed E-state index contributed by atoms with van der Waals surface area (Å²) < 4.78 is 4.25. The summed E-state index contributed by atoms with van der Waals surface area (Å²) in [4.78, 5) is 6.72. The van der Waals surface area contributed by atoms with Crippen LogP contribution >= 0.6 is 22.9 Å². The number of aromatic nitrogens is 2. The molecule has 0 atom stereocenters. The van der Waals surface area contributed by atoms with Crippen molar-refractivity contribution in [1.29, 1.82) is 5.26 Å². The molecule has 0 aliphatic carbocycles. The zero-order valence-corrected chi connectivity index (χ0v) is 14.8. The highest BCUT2D eigenvalue weighted by atomic mass is 32.1. The fourth-order valence-corrected chi connectivity index (χ4v) is 3.69. The SMILES string of the molecule is CCc1nsc(N=Nc2sc(N(CC)CC)nc2C)c1C#N. The van der Waals surface area contributed by atoms with Crippen molar-refractivity contribution in [2.45, 2.75) is 34.1 Å². The molecule has 8 heteroatoms. The molecule has 0 N–H and O–H groups in total. The minimum absolute atomic E-state index is 0.530. The standard InChI is InChI=1S/C14H18N6S2/c1-5-11-10(8-15)13(22-19-11)18-17-12-9(4)16-14(21-12)20(6-2)7-3/h5-7H2,1-4H3. The van der Waals surface area contributed by atoms with Gasteiger partial charge in [0, 0.05) is 13.1 Å². The van der Waals surface area contributed by atoms with E-state index in [9.17, 15) is 5.26 Å². The number of hydrogen-bond donors (Lipinski definition) is 0. The Morgan fingerprint density at radius 2 is 1.86 bits per heavy atom. The molecule has 0 amide bonds. The van der Waals surface area contributed by atoms with E-state index in [1.807, 2.05) is 13.8 Å². The maximum atomic E-state index is 9.21. The molecule has 0 unspecified atom stereocenters. The Morgan fingerprint density at radius 1 is 1.18 bits per heavy atom. The third kappa shape index (κ3) is 3.31. The van der Waals surface area contributed by atoms with Crippen LogP contribution in [-0.4, -0.2) is 22.4 Å². The molecule has 0 aliphatic heterocycles. The number of aryl methyl sites for hydroxylation is 2. The highest BCUT2D eigenvalue weighted by Crippen LogP contribution is 2.35. The molecule has 2 aromatic rings. The third-order valence-corrected chi connectivity index (χ3v) is 5.09. The molecule has 2 rings (SSSR count). The van der Waals surface area contributed by atoms with E-state index in [2.05, 4.69) is 44.4 Å². The zero-order valence-electron chi connectivity index (χ0n) is 13.1. The van der Waals surface area contributed by atoms with E-state index >= 15 is 0 Å². The van der Waals surface area contributed by atoms with E-state index in [0.717, 1.165) is 41.0 Å². The molecule has 6 nitrogen and oxygen atoms in total. The van der Waals surface area contributed by atoms with Gasteiger partial charge in [0.2, 0.25) is 0 Å². The molecule has 0 aliphatic rings. The van der Waals surface area contributed by atoms with Gasteiger partial charge in [-0.2, -0.15) is 9.64 Å². The molecule has 116 valence electrons. The quantitative estimate of drug-likeness (QED) is 0.723. The normalized spacial score (nSPS) is 11.0. The highest BCUT2D eigenvalue weighted by Gasteiger charge is 2.14. The lowest BCUT2D eigenvalue weighted by molar-refractivity contribution is 0.857. The number of nitriles is 1. The molecule has 0 bridgehead atoms. The van der Waals surface area contributed by atoms with Crippen molar-refractivity contribution in [3.8, 4) is 6.07 Å². The summed E-state index contributed by atoms with van der Waals surface area (Å²) >= 11 is 2.73. The summed E-state index contributed by atoms with van der Waals surface area (Å²) in [6, 6.07) is 2.16. The van der Waals surface area contributed by atoms with Crippen LogP contribution in [-0.2, 0) is 6.42 Å². The molecule has 22 heavy (non-hydrogen) atoms. The van der Waals surface area contributed by atoms with Gasteiger partial charge in [-0.25, -0.2) is 4.98 Å². The maximum absolute atomic E-state index is 9.21. The first-order chi connectivity index (χ1) is 10.6. The smallest absolute Gasteiger partial charge is 0.187 e. The van der Waals surface area contributed by atoms with Gasteiger partial charge in [-0.1, -0.05) is 18.3 Å². The average molecular weight is 334 g/mol. The summed E-state index contributed by atoms with van der Waals surface area (Å²) in [6.45, 7) is 9.92. The van der Waals surface area contributed by atoms with E-state index in [1.165, 1.54) is 22.9 Å². The van der Waals surface area contributed by atoms with E-state index in [-0.39, 0.29) is 0 Å². The summed E-state index contributed by atoms with van der Waals surface area (Å²) in [5, 5.41) is 20.0. The Balaban J connectivity index is 2.28. The Morgan fingerprint density at radius 3 is 2.45 bits per heavy atom. The van der Waals surface area contributed by atoms with E-state index < -0.39 is 0 Å². The van der Waals surface area contributed by atoms with Crippen molar-refractivity contribution in [3.05, 3.63) is 17.0 Å². The lowest BCUT2D eigenvalue weighted by Crippen LogP contribution is -2.21. The second kappa shape index (κ2) is 7.42. The van der Waals surface area contributed by atoms with E-state index in [4.69, 9.17) is 0 Å². The van der Waals surface area contributed by atoms with Gasteiger partial charge in [0.05, 0.1) is 11.4 Å². The van der Waals surface area contributed by atoms with Gasteiger partial charge in [-0.15, -0.1) is 10.2 Å². The van der Waals surface area contributed by atoms with Crippen molar-refractivity contribution < 1.29 is 0 Å². The average Bonchev–Trinajstić information content (AvgIpc) is 3.09. The number of rotatable bonds is 6. The fourth-order valence-electron chi connectivity index (χ4n) is 1.92. The molecular formula is C14H18N6S2. The third-order valence-electron chi connectivity index (χ3n) is 3.22. The Labute approximate surface area is 138 Å². The number of nitrogens with zero attached hydrogens (tertiary/aromatic N) is 6. The van der Waals surface area contributed by atoms with Crippen LogP contribution < -0.4 is 4.90 Å². The van der Waals surface area contributed by atoms with Gasteiger partial charge in [0.25, 0.3) is 0 Å².